The third kappa shape index (κ3) is 2.36. The maximum Gasteiger partial charge on any atom is 0.258 e. The molecule has 0 spiro atoms. The minimum absolute atomic E-state index is 0.0345. The lowest BCUT2D eigenvalue weighted by Gasteiger charge is -2.19. The van der Waals surface area contributed by atoms with E-state index >= 15 is 0 Å². The molecular formula is C17H21N3O2. The van der Waals surface area contributed by atoms with Gasteiger partial charge in [0.05, 0.1) is 19.3 Å². The predicted molar refractivity (Wildman–Crippen MR) is 84.0 cm³/mol. The average Bonchev–Trinajstić information content (AvgIpc) is 3.00. The number of benzene rings is 1. The molecule has 5 heteroatoms. The van der Waals surface area contributed by atoms with Gasteiger partial charge in [0, 0.05) is 7.05 Å². The van der Waals surface area contributed by atoms with Crippen molar-refractivity contribution in [2.75, 3.05) is 7.11 Å². The number of fused-ring (bicyclic) bond motifs is 1. The van der Waals surface area contributed by atoms with E-state index in [4.69, 9.17) is 4.74 Å². The van der Waals surface area contributed by atoms with Crippen molar-refractivity contribution in [2.45, 2.75) is 26.3 Å². The number of rotatable bonds is 3. The van der Waals surface area contributed by atoms with Gasteiger partial charge in [-0.1, -0.05) is 30.7 Å². The first kappa shape index (κ1) is 14.6. The van der Waals surface area contributed by atoms with Crippen molar-refractivity contribution in [3.8, 4) is 5.88 Å². The maximum atomic E-state index is 12.6. The number of nitrogens with zero attached hydrogens (tertiary/aromatic N) is 2. The van der Waals surface area contributed by atoms with Crippen LogP contribution in [0.15, 0.2) is 24.4 Å². The molecule has 0 radical (unpaired) electrons. The first-order valence-corrected chi connectivity index (χ1v) is 7.47. The summed E-state index contributed by atoms with van der Waals surface area (Å²) in [5.41, 5.74) is 4.23. The molecule has 0 unspecified atom stereocenters. The summed E-state index contributed by atoms with van der Waals surface area (Å²) in [5, 5.41) is 7.24. The summed E-state index contributed by atoms with van der Waals surface area (Å²) in [7, 11) is 3.30. The zero-order valence-electron chi connectivity index (χ0n) is 13.4. The van der Waals surface area contributed by atoms with Crippen LogP contribution < -0.4 is 10.1 Å². The fourth-order valence-corrected chi connectivity index (χ4v) is 3.22. The van der Waals surface area contributed by atoms with Crippen LogP contribution in [0, 0.1) is 12.8 Å². The Labute approximate surface area is 130 Å². The summed E-state index contributed by atoms with van der Waals surface area (Å²) in [5.74, 6) is 0.715. The number of methoxy groups -OCH3 is 1. The predicted octanol–water partition coefficient (Wildman–Crippen LogP) is 2.40. The summed E-state index contributed by atoms with van der Waals surface area (Å²) in [6.07, 6.45) is 2.54. The lowest BCUT2D eigenvalue weighted by Crippen LogP contribution is -2.30. The third-order valence-corrected chi connectivity index (χ3v) is 4.36. The summed E-state index contributed by atoms with van der Waals surface area (Å²) in [4.78, 5) is 12.6. The lowest BCUT2D eigenvalue weighted by molar-refractivity contribution is 0.0923. The second-order valence-electron chi connectivity index (χ2n) is 6.03. The van der Waals surface area contributed by atoms with Crippen LogP contribution in [0.1, 0.15) is 40.0 Å². The van der Waals surface area contributed by atoms with Gasteiger partial charge in [-0.3, -0.25) is 4.79 Å². The number of hydrogen-bond donors (Lipinski definition) is 1. The normalized spacial score (nSPS) is 19.8. The highest BCUT2D eigenvalue weighted by Gasteiger charge is 2.31. The van der Waals surface area contributed by atoms with E-state index in [1.165, 1.54) is 16.7 Å². The summed E-state index contributed by atoms with van der Waals surface area (Å²) in [6.45, 7) is 4.24. The SMILES string of the molecule is COc1c(C(=O)N[C@H]2c3cc(C)ccc3C[C@@H]2C)cnn1C. The second kappa shape index (κ2) is 5.48. The Morgan fingerprint density at radius 3 is 2.95 bits per heavy atom. The van der Waals surface area contributed by atoms with Crippen LogP contribution in [0.3, 0.4) is 0 Å². The molecule has 0 bridgehead atoms. The highest BCUT2D eigenvalue weighted by Crippen LogP contribution is 2.36. The molecule has 3 rings (SSSR count). The Kier molecular flexibility index (Phi) is 3.64. The molecule has 1 N–H and O–H groups in total. The van der Waals surface area contributed by atoms with Crippen molar-refractivity contribution >= 4 is 5.91 Å². The largest absolute Gasteiger partial charge is 0.481 e. The van der Waals surface area contributed by atoms with Crippen molar-refractivity contribution < 1.29 is 9.53 Å². The van der Waals surface area contributed by atoms with E-state index in [0.29, 0.717) is 17.4 Å². The number of carbonyl (C=O) groups excluding carboxylic acids is 1. The van der Waals surface area contributed by atoms with Crippen LogP contribution in [-0.4, -0.2) is 22.8 Å². The van der Waals surface area contributed by atoms with Crippen LogP contribution in [0.25, 0.3) is 0 Å². The van der Waals surface area contributed by atoms with Gasteiger partial charge in [0.2, 0.25) is 5.88 Å². The maximum absolute atomic E-state index is 12.6. The lowest BCUT2D eigenvalue weighted by atomic mass is 10.0. The average molecular weight is 299 g/mol. The molecule has 0 saturated carbocycles. The molecule has 0 aliphatic heterocycles. The van der Waals surface area contributed by atoms with Gasteiger partial charge in [0.15, 0.2) is 0 Å². The first-order valence-electron chi connectivity index (χ1n) is 7.47. The standard InChI is InChI=1S/C17H21N3O2/c1-10-5-6-12-8-11(2)15(13(12)7-10)19-16(21)14-9-18-20(3)17(14)22-4/h5-7,9,11,15H,8H2,1-4H3,(H,19,21)/t11-,15+/m0/s1. The van der Waals surface area contributed by atoms with Crippen LogP contribution >= 0.6 is 0 Å². The summed E-state index contributed by atoms with van der Waals surface area (Å²) in [6, 6.07) is 6.49. The highest BCUT2D eigenvalue weighted by molar-refractivity contribution is 5.96. The molecule has 1 heterocycles. The van der Waals surface area contributed by atoms with E-state index in [9.17, 15) is 4.79 Å². The van der Waals surface area contributed by atoms with Crippen molar-refractivity contribution in [3.05, 3.63) is 46.6 Å². The van der Waals surface area contributed by atoms with Gasteiger partial charge >= 0.3 is 0 Å². The molecule has 5 nitrogen and oxygen atoms in total. The summed E-state index contributed by atoms with van der Waals surface area (Å²) >= 11 is 0. The zero-order chi connectivity index (χ0) is 15.9. The van der Waals surface area contributed by atoms with Gasteiger partial charge in [-0.15, -0.1) is 0 Å². The molecule has 2 aromatic rings. The number of hydrogen-bond acceptors (Lipinski definition) is 3. The van der Waals surface area contributed by atoms with Crippen molar-refractivity contribution in [1.29, 1.82) is 0 Å². The van der Waals surface area contributed by atoms with E-state index in [-0.39, 0.29) is 11.9 Å². The molecule has 0 saturated heterocycles. The molecule has 1 aromatic carbocycles. The number of ether oxygens (including phenoxy) is 1. The second-order valence-corrected chi connectivity index (χ2v) is 6.03. The molecule has 1 amide bonds. The topological polar surface area (TPSA) is 56.1 Å². The molecule has 116 valence electrons. The number of aromatic nitrogens is 2. The number of aryl methyl sites for hydroxylation is 2. The van der Waals surface area contributed by atoms with E-state index in [1.807, 2.05) is 0 Å². The van der Waals surface area contributed by atoms with Crippen LogP contribution in [0.2, 0.25) is 0 Å². The van der Waals surface area contributed by atoms with Crippen molar-refractivity contribution in [1.82, 2.24) is 15.1 Å². The Bertz CT molecular complexity index is 721. The number of nitrogens with one attached hydrogen (secondary N) is 1. The number of carbonyl (C=O) groups is 1. The van der Waals surface area contributed by atoms with Gasteiger partial charge in [0.25, 0.3) is 5.91 Å². The quantitative estimate of drug-likeness (QED) is 0.947. The van der Waals surface area contributed by atoms with Crippen molar-refractivity contribution in [2.24, 2.45) is 13.0 Å². The molecular weight excluding hydrogens is 278 g/mol. The zero-order valence-corrected chi connectivity index (χ0v) is 13.4. The van der Waals surface area contributed by atoms with Crippen LogP contribution in [0.5, 0.6) is 5.88 Å². The van der Waals surface area contributed by atoms with Crippen molar-refractivity contribution in [3.63, 3.8) is 0 Å². The first-order chi connectivity index (χ1) is 10.5. The van der Waals surface area contributed by atoms with E-state index in [1.54, 1.807) is 25.0 Å². The molecule has 1 aliphatic carbocycles. The highest BCUT2D eigenvalue weighted by atomic mass is 16.5. The van der Waals surface area contributed by atoms with Gasteiger partial charge in [-0.2, -0.15) is 5.10 Å². The third-order valence-electron chi connectivity index (χ3n) is 4.36. The fourth-order valence-electron chi connectivity index (χ4n) is 3.22. The van der Waals surface area contributed by atoms with Gasteiger partial charge in [0.1, 0.15) is 5.56 Å². The molecule has 1 aromatic heterocycles. The Morgan fingerprint density at radius 1 is 1.45 bits per heavy atom. The van der Waals surface area contributed by atoms with E-state index in [0.717, 1.165) is 6.42 Å². The molecule has 2 atom stereocenters. The van der Waals surface area contributed by atoms with Gasteiger partial charge < -0.3 is 10.1 Å². The van der Waals surface area contributed by atoms with E-state index in [2.05, 4.69) is 42.5 Å². The molecule has 0 fully saturated rings. The minimum atomic E-state index is -0.142. The molecule has 1 aliphatic rings. The minimum Gasteiger partial charge on any atom is -0.481 e. The van der Waals surface area contributed by atoms with Gasteiger partial charge in [-0.25, -0.2) is 4.68 Å². The molecule has 22 heavy (non-hydrogen) atoms. The van der Waals surface area contributed by atoms with E-state index < -0.39 is 0 Å². The Balaban J connectivity index is 1.87. The smallest absolute Gasteiger partial charge is 0.258 e. The Hall–Kier alpha value is -2.30. The fraction of sp³-hybridized carbons (Fsp3) is 0.412. The van der Waals surface area contributed by atoms with Crippen LogP contribution in [0.4, 0.5) is 0 Å². The van der Waals surface area contributed by atoms with Crippen LogP contribution in [-0.2, 0) is 13.5 Å². The Morgan fingerprint density at radius 2 is 2.23 bits per heavy atom. The van der Waals surface area contributed by atoms with Gasteiger partial charge in [-0.05, 0) is 30.4 Å². The summed E-state index contributed by atoms with van der Waals surface area (Å²) < 4.78 is 6.82. The number of amides is 1. The monoisotopic (exact) mass is 299 g/mol.